The predicted molar refractivity (Wildman–Crippen MR) is 68.9 cm³/mol. The Labute approximate surface area is 110 Å². The molecule has 1 aromatic rings. The van der Waals surface area contributed by atoms with E-state index in [4.69, 9.17) is 5.73 Å². The van der Waals surface area contributed by atoms with Gasteiger partial charge in [0.2, 0.25) is 0 Å². The first-order chi connectivity index (χ1) is 8.86. The molecule has 1 unspecified atom stereocenters. The molecule has 5 nitrogen and oxygen atoms in total. The Hall–Kier alpha value is -2.11. The number of nitrogens with two attached hydrogens (primary N) is 1. The van der Waals surface area contributed by atoms with Gasteiger partial charge in [0.05, 0.1) is 12.7 Å². The van der Waals surface area contributed by atoms with Crippen LogP contribution in [-0.2, 0) is 9.53 Å². The fourth-order valence-electron chi connectivity index (χ4n) is 1.57. The number of carbonyl (C=O) groups is 2. The fraction of sp³-hybridized carbons (Fsp3) is 0.385. The van der Waals surface area contributed by atoms with Gasteiger partial charge >= 0.3 is 5.97 Å². The second kappa shape index (κ2) is 6.17. The number of methoxy groups -OCH3 is 1. The van der Waals surface area contributed by atoms with Gasteiger partial charge in [-0.15, -0.1) is 0 Å². The smallest absolute Gasteiger partial charge is 0.328 e. The number of esters is 1. The van der Waals surface area contributed by atoms with E-state index in [0.29, 0.717) is 0 Å². The summed E-state index contributed by atoms with van der Waals surface area (Å²) >= 11 is 0. The van der Waals surface area contributed by atoms with Gasteiger partial charge in [-0.2, -0.15) is 0 Å². The topological polar surface area (TPSA) is 81.4 Å². The summed E-state index contributed by atoms with van der Waals surface area (Å²) in [6.45, 7) is 3.52. The zero-order chi connectivity index (χ0) is 14.6. The van der Waals surface area contributed by atoms with Crippen LogP contribution >= 0.6 is 0 Å². The molecule has 6 heteroatoms. The van der Waals surface area contributed by atoms with Crippen LogP contribution in [0.5, 0.6) is 0 Å². The summed E-state index contributed by atoms with van der Waals surface area (Å²) < 4.78 is 17.7. The fourth-order valence-corrected chi connectivity index (χ4v) is 1.57. The monoisotopic (exact) mass is 268 g/mol. The number of rotatable bonds is 4. The number of ether oxygens (including phenoxy) is 1. The molecule has 0 bridgehead atoms. The van der Waals surface area contributed by atoms with Crippen molar-refractivity contribution in [3.63, 3.8) is 0 Å². The molecule has 0 aliphatic heterocycles. The minimum atomic E-state index is -0.805. The van der Waals surface area contributed by atoms with Crippen molar-refractivity contribution in [3.8, 4) is 0 Å². The van der Waals surface area contributed by atoms with Crippen LogP contribution in [0, 0.1) is 11.7 Å². The van der Waals surface area contributed by atoms with E-state index < -0.39 is 23.7 Å². The molecule has 0 saturated heterocycles. The number of benzene rings is 1. The molecule has 0 radical (unpaired) electrons. The van der Waals surface area contributed by atoms with Gasteiger partial charge in [-0.05, 0) is 24.1 Å². The van der Waals surface area contributed by atoms with Crippen molar-refractivity contribution < 1.29 is 18.7 Å². The van der Waals surface area contributed by atoms with Crippen molar-refractivity contribution in [3.05, 3.63) is 29.6 Å². The van der Waals surface area contributed by atoms with Gasteiger partial charge < -0.3 is 15.8 Å². The summed E-state index contributed by atoms with van der Waals surface area (Å²) in [6.07, 6.45) is 0. The number of halogens is 1. The van der Waals surface area contributed by atoms with Crippen LogP contribution in [0.15, 0.2) is 18.2 Å². The maximum absolute atomic E-state index is 13.1. The molecule has 0 aliphatic carbocycles. The van der Waals surface area contributed by atoms with Crippen LogP contribution in [0.2, 0.25) is 0 Å². The number of hydrogen-bond acceptors (Lipinski definition) is 4. The van der Waals surface area contributed by atoms with Crippen molar-refractivity contribution >= 4 is 17.6 Å². The molecule has 0 heterocycles. The number of nitrogen functional groups attached to an aromatic ring is 1. The molecule has 0 aromatic heterocycles. The summed E-state index contributed by atoms with van der Waals surface area (Å²) in [4.78, 5) is 23.5. The minimum Gasteiger partial charge on any atom is -0.467 e. The van der Waals surface area contributed by atoms with Gasteiger partial charge in [-0.25, -0.2) is 9.18 Å². The van der Waals surface area contributed by atoms with E-state index in [-0.39, 0.29) is 17.2 Å². The van der Waals surface area contributed by atoms with Gasteiger partial charge in [0.1, 0.15) is 11.9 Å². The first kappa shape index (κ1) is 14.9. The molecule has 3 N–H and O–H groups in total. The largest absolute Gasteiger partial charge is 0.467 e. The summed E-state index contributed by atoms with van der Waals surface area (Å²) in [6, 6.07) is 2.68. The third-order valence-electron chi connectivity index (χ3n) is 2.67. The highest BCUT2D eigenvalue weighted by Gasteiger charge is 2.26. The first-order valence-electron chi connectivity index (χ1n) is 5.80. The second-order valence-corrected chi connectivity index (χ2v) is 4.45. The van der Waals surface area contributed by atoms with Crippen molar-refractivity contribution in [2.45, 2.75) is 19.9 Å². The highest BCUT2D eigenvalue weighted by Crippen LogP contribution is 2.14. The van der Waals surface area contributed by atoms with Crippen LogP contribution in [0.1, 0.15) is 24.2 Å². The van der Waals surface area contributed by atoms with Gasteiger partial charge in [0.25, 0.3) is 5.91 Å². The van der Waals surface area contributed by atoms with Crippen molar-refractivity contribution in [2.24, 2.45) is 5.92 Å². The summed E-state index contributed by atoms with van der Waals surface area (Å²) in [5.74, 6) is -1.90. The number of carbonyl (C=O) groups excluding carboxylic acids is 2. The Balaban J connectivity index is 2.94. The lowest BCUT2D eigenvalue weighted by Gasteiger charge is -2.20. The SMILES string of the molecule is COC(=O)C(NC(=O)c1cc(F)ccc1N)C(C)C. The number of hydrogen-bond donors (Lipinski definition) is 2. The Morgan fingerprint density at radius 3 is 2.53 bits per heavy atom. The lowest BCUT2D eigenvalue weighted by Crippen LogP contribution is -2.45. The zero-order valence-corrected chi connectivity index (χ0v) is 11.1. The Bertz CT molecular complexity index is 489. The van der Waals surface area contributed by atoms with E-state index in [2.05, 4.69) is 10.1 Å². The molecular formula is C13H17FN2O3. The number of amides is 1. The van der Waals surface area contributed by atoms with Crippen molar-refractivity contribution in [2.75, 3.05) is 12.8 Å². The molecule has 0 aliphatic rings. The maximum atomic E-state index is 13.1. The van der Waals surface area contributed by atoms with Crippen LogP contribution in [0.4, 0.5) is 10.1 Å². The Morgan fingerprint density at radius 1 is 1.37 bits per heavy atom. The first-order valence-corrected chi connectivity index (χ1v) is 5.80. The summed E-state index contributed by atoms with van der Waals surface area (Å²) in [7, 11) is 1.24. The van der Waals surface area contributed by atoms with Gasteiger partial charge in [0.15, 0.2) is 0 Å². The molecule has 1 aromatic carbocycles. The third kappa shape index (κ3) is 3.67. The van der Waals surface area contributed by atoms with E-state index in [9.17, 15) is 14.0 Å². The van der Waals surface area contributed by atoms with Crippen LogP contribution in [0.25, 0.3) is 0 Å². The molecule has 0 fully saturated rings. The normalized spacial score (nSPS) is 12.1. The third-order valence-corrected chi connectivity index (χ3v) is 2.67. The van der Waals surface area contributed by atoms with Crippen LogP contribution in [0.3, 0.4) is 0 Å². The van der Waals surface area contributed by atoms with Gasteiger partial charge in [0, 0.05) is 5.69 Å². The highest BCUT2D eigenvalue weighted by molar-refractivity contribution is 6.01. The Morgan fingerprint density at radius 2 is 2.00 bits per heavy atom. The lowest BCUT2D eigenvalue weighted by atomic mass is 10.0. The van der Waals surface area contributed by atoms with Gasteiger partial charge in [-0.3, -0.25) is 4.79 Å². The second-order valence-electron chi connectivity index (χ2n) is 4.45. The van der Waals surface area contributed by atoms with E-state index in [1.807, 2.05) is 0 Å². The molecule has 1 rings (SSSR count). The number of nitrogens with one attached hydrogen (secondary N) is 1. The zero-order valence-electron chi connectivity index (χ0n) is 11.1. The van der Waals surface area contributed by atoms with Crippen LogP contribution < -0.4 is 11.1 Å². The Kier molecular flexibility index (Phi) is 4.86. The van der Waals surface area contributed by atoms with E-state index in [1.165, 1.54) is 13.2 Å². The van der Waals surface area contributed by atoms with E-state index in [1.54, 1.807) is 13.8 Å². The van der Waals surface area contributed by atoms with E-state index in [0.717, 1.165) is 12.1 Å². The van der Waals surface area contributed by atoms with Crippen molar-refractivity contribution in [1.29, 1.82) is 0 Å². The quantitative estimate of drug-likeness (QED) is 0.637. The average molecular weight is 268 g/mol. The molecule has 104 valence electrons. The summed E-state index contributed by atoms with van der Waals surface area (Å²) in [5.41, 5.74) is 5.75. The van der Waals surface area contributed by atoms with Crippen molar-refractivity contribution in [1.82, 2.24) is 5.32 Å². The standard InChI is InChI=1S/C13H17FN2O3/c1-7(2)11(13(18)19-3)16-12(17)9-6-8(14)4-5-10(9)15/h4-7,11H,15H2,1-3H3,(H,16,17). The minimum absolute atomic E-state index is 0.00504. The van der Waals surface area contributed by atoms with E-state index >= 15 is 0 Å². The highest BCUT2D eigenvalue weighted by atomic mass is 19.1. The molecular weight excluding hydrogens is 251 g/mol. The average Bonchev–Trinajstić information content (AvgIpc) is 2.37. The molecule has 19 heavy (non-hydrogen) atoms. The molecule has 1 amide bonds. The van der Waals surface area contributed by atoms with Gasteiger partial charge in [-0.1, -0.05) is 13.8 Å². The lowest BCUT2D eigenvalue weighted by molar-refractivity contribution is -0.144. The van der Waals surface area contributed by atoms with Crippen LogP contribution in [-0.4, -0.2) is 25.0 Å². The molecule has 1 atom stereocenters. The molecule has 0 saturated carbocycles. The molecule has 0 spiro atoms. The predicted octanol–water partition coefficient (Wildman–Crippen LogP) is 1.34. The number of anilines is 1. The maximum Gasteiger partial charge on any atom is 0.328 e. The summed E-state index contributed by atoms with van der Waals surface area (Å²) in [5, 5.41) is 2.49.